The molecule has 0 radical (unpaired) electrons. The van der Waals surface area contributed by atoms with E-state index in [0.29, 0.717) is 6.42 Å². The molecule has 1 N–H and O–H groups in total. The van der Waals surface area contributed by atoms with Gasteiger partial charge in [0.1, 0.15) is 0 Å². The molecule has 0 spiro atoms. The van der Waals surface area contributed by atoms with Crippen molar-refractivity contribution in [1.82, 2.24) is 4.98 Å². The summed E-state index contributed by atoms with van der Waals surface area (Å²) in [7, 11) is 0. The minimum Gasteiger partial charge on any atom is -0.504 e. The van der Waals surface area contributed by atoms with Gasteiger partial charge in [0.15, 0.2) is 10.9 Å². The minimum atomic E-state index is 0.0849. The number of aromatic hydroxyl groups is 1. The highest BCUT2D eigenvalue weighted by Gasteiger charge is 2.03. The lowest BCUT2D eigenvalue weighted by molar-refractivity contribution is 0.467. The van der Waals surface area contributed by atoms with Crippen molar-refractivity contribution >= 4 is 11.6 Å². The van der Waals surface area contributed by atoms with Crippen LogP contribution in [0.2, 0.25) is 5.15 Å². The van der Waals surface area contributed by atoms with Crippen LogP contribution >= 0.6 is 11.6 Å². The Kier molecular flexibility index (Phi) is 3.32. The van der Waals surface area contributed by atoms with E-state index < -0.39 is 0 Å². The second-order valence-electron chi connectivity index (χ2n) is 3.10. The average molecular weight is 198 g/mol. The maximum atomic E-state index is 9.49. The van der Waals surface area contributed by atoms with Crippen LogP contribution in [0.1, 0.15) is 19.4 Å². The van der Waals surface area contributed by atoms with E-state index >= 15 is 0 Å². The Balaban J connectivity index is 2.89. The molecule has 2 nitrogen and oxygen atoms in total. The van der Waals surface area contributed by atoms with Gasteiger partial charge in [0.05, 0.1) is 0 Å². The van der Waals surface area contributed by atoms with Gasteiger partial charge in [-0.3, -0.25) is 0 Å². The fraction of sp³-hybridized carbons (Fsp3) is 0.300. The molecule has 0 aliphatic carbocycles. The first-order chi connectivity index (χ1) is 6.11. The van der Waals surface area contributed by atoms with Crippen LogP contribution in [0.4, 0.5) is 0 Å². The third-order valence-corrected chi connectivity index (χ3v) is 1.97. The lowest BCUT2D eigenvalue weighted by atomic mass is 10.1. The molecule has 70 valence electrons. The van der Waals surface area contributed by atoms with Crippen LogP contribution in [0.5, 0.6) is 5.75 Å². The van der Waals surface area contributed by atoms with Crippen LogP contribution in [-0.4, -0.2) is 10.1 Å². The van der Waals surface area contributed by atoms with Crippen molar-refractivity contribution in [1.29, 1.82) is 0 Å². The van der Waals surface area contributed by atoms with Crippen molar-refractivity contribution < 1.29 is 5.11 Å². The Morgan fingerprint density at radius 3 is 2.92 bits per heavy atom. The fourth-order valence-corrected chi connectivity index (χ4v) is 1.12. The van der Waals surface area contributed by atoms with E-state index in [1.54, 1.807) is 12.3 Å². The van der Waals surface area contributed by atoms with Gasteiger partial charge in [-0.25, -0.2) is 4.98 Å². The molecule has 0 saturated heterocycles. The van der Waals surface area contributed by atoms with Gasteiger partial charge in [-0.05, 0) is 26.3 Å². The van der Waals surface area contributed by atoms with Crippen molar-refractivity contribution in [3.05, 3.63) is 34.6 Å². The number of halogens is 1. The number of nitrogens with zero attached hydrogens (tertiary/aromatic N) is 1. The summed E-state index contributed by atoms with van der Waals surface area (Å²) in [4.78, 5) is 3.76. The molecular formula is C10H12ClNO. The number of rotatable bonds is 2. The highest BCUT2D eigenvalue weighted by atomic mass is 35.5. The molecule has 0 aromatic carbocycles. The molecule has 0 saturated carbocycles. The van der Waals surface area contributed by atoms with Crippen molar-refractivity contribution in [2.24, 2.45) is 0 Å². The third kappa shape index (κ3) is 2.74. The normalized spacial score (nSPS) is 9.77. The summed E-state index contributed by atoms with van der Waals surface area (Å²) in [6.45, 7) is 4.03. The molecule has 0 unspecified atom stereocenters. The largest absolute Gasteiger partial charge is 0.504 e. The van der Waals surface area contributed by atoms with Gasteiger partial charge in [0, 0.05) is 11.8 Å². The lowest BCUT2D eigenvalue weighted by Crippen LogP contribution is -1.86. The van der Waals surface area contributed by atoms with E-state index in [0.717, 1.165) is 5.56 Å². The third-order valence-electron chi connectivity index (χ3n) is 1.69. The summed E-state index contributed by atoms with van der Waals surface area (Å²) in [6, 6.07) is 1.76. The van der Waals surface area contributed by atoms with Crippen molar-refractivity contribution in [2.45, 2.75) is 20.3 Å². The Morgan fingerprint density at radius 2 is 2.31 bits per heavy atom. The molecule has 1 aromatic heterocycles. The van der Waals surface area contributed by atoms with E-state index in [1.807, 2.05) is 19.9 Å². The second kappa shape index (κ2) is 4.28. The SMILES string of the molecule is CC(C)=CCc1ccnc(Cl)c1O. The summed E-state index contributed by atoms with van der Waals surface area (Å²) in [5.41, 5.74) is 2.02. The van der Waals surface area contributed by atoms with Crippen molar-refractivity contribution in [3.63, 3.8) is 0 Å². The number of hydrogen-bond donors (Lipinski definition) is 1. The van der Waals surface area contributed by atoms with E-state index in [1.165, 1.54) is 5.57 Å². The zero-order valence-corrected chi connectivity index (χ0v) is 8.47. The molecule has 0 aliphatic heterocycles. The number of allylic oxidation sites excluding steroid dienone is 2. The average Bonchev–Trinajstić information content (AvgIpc) is 2.07. The molecule has 0 fully saturated rings. The maximum absolute atomic E-state index is 9.49. The fourth-order valence-electron chi connectivity index (χ4n) is 0.944. The van der Waals surface area contributed by atoms with Gasteiger partial charge in [0.2, 0.25) is 0 Å². The minimum absolute atomic E-state index is 0.0849. The molecular weight excluding hydrogens is 186 g/mol. The van der Waals surface area contributed by atoms with Gasteiger partial charge in [0.25, 0.3) is 0 Å². The highest BCUT2D eigenvalue weighted by molar-refractivity contribution is 6.30. The van der Waals surface area contributed by atoms with Crippen molar-refractivity contribution in [2.75, 3.05) is 0 Å². The van der Waals surface area contributed by atoms with Gasteiger partial charge in [-0.2, -0.15) is 0 Å². The predicted octanol–water partition coefficient (Wildman–Crippen LogP) is 2.95. The Morgan fingerprint density at radius 1 is 1.62 bits per heavy atom. The topological polar surface area (TPSA) is 33.1 Å². The quantitative estimate of drug-likeness (QED) is 0.584. The smallest absolute Gasteiger partial charge is 0.171 e. The molecule has 1 aromatic rings. The molecule has 1 heterocycles. The summed E-state index contributed by atoms with van der Waals surface area (Å²) in [5, 5.41) is 9.65. The first-order valence-corrected chi connectivity index (χ1v) is 4.44. The Bertz CT molecular complexity index is 330. The van der Waals surface area contributed by atoms with Crippen molar-refractivity contribution in [3.8, 4) is 5.75 Å². The van der Waals surface area contributed by atoms with E-state index in [2.05, 4.69) is 4.98 Å². The second-order valence-corrected chi connectivity index (χ2v) is 3.45. The van der Waals surface area contributed by atoms with E-state index in [-0.39, 0.29) is 10.9 Å². The van der Waals surface area contributed by atoms with Crippen LogP contribution in [0.25, 0.3) is 0 Å². The zero-order valence-electron chi connectivity index (χ0n) is 7.71. The summed E-state index contributed by atoms with van der Waals surface area (Å²) in [6.07, 6.45) is 4.32. The van der Waals surface area contributed by atoms with Crippen LogP contribution in [0.15, 0.2) is 23.9 Å². The predicted molar refractivity (Wildman–Crippen MR) is 54.0 cm³/mol. The first kappa shape index (κ1) is 10.1. The maximum Gasteiger partial charge on any atom is 0.171 e. The molecule has 1 rings (SSSR count). The monoisotopic (exact) mass is 197 g/mol. The highest BCUT2D eigenvalue weighted by Crippen LogP contribution is 2.25. The summed E-state index contributed by atoms with van der Waals surface area (Å²) < 4.78 is 0. The number of pyridine rings is 1. The number of hydrogen-bond acceptors (Lipinski definition) is 2. The Labute approximate surface area is 82.9 Å². The van der Waals surface area contributed by atoms with Gasteiger partial charge < -0.3 is 5.11 Å². The summed E-state index contributed by atoms with van der Waals surface area (Å²) >= 11 is 5.65. The van der Waals surface area contributed by atoms with Gasteiger partial charge >= 0.3 is 0 Å². The number of aromatic nitrogens is 1. The van der Waals surface area contributed by atoms with Crippen LogP contribution in [-0.2, 0) is 6.42 Å². The molecule has 0 aliphatic rings. The molecule has 13 heavy (non-hydrogen) atoms. The molecule has 0 bridgehead atoms. The zero-order chi connectivity index (χ0) is 9.84. The van der Waals surface area contributed by atoms with Crippen LogP contribution < -0.4 is 0 Å². The van der Waals surface area contributed by atoms with E-state index in [4.69, 9.17) is 11.6 Å². The Hall–Kier alpha value is -1.02. The summed E-state index contributed by atoms with van der Waals surface area (Å²) in [5.74, 6) is 0.0849. The molecule has 0 atom stereocenters. The first-order valence-electron chi connectivity index (χ1n) is 4.07. The lowest BCUT2D eigenvalue weighted by Gasteiger charge is -2.01. The molecule has 3 heteroatoms. The van der Waals surface area contributed by atoms with Crippen LogP contribution in [0.3, 0.4) is 0 Å². The molecule has 0 amide bonds. The standard InChI is InChI=1S/C10H12ClNO/c1-7(2)3-4-8-5-6-12-10(11)9(8)13/h3,5-6,13H,4H2,1-2H3. The van der Waals surface area contributed by atoms with Crippen LogP contribution in [0, 0.1) is 0 Å². The van der Waals surface area contributed by atoms with E-state index in [9.17, 15) is 5.11 Å². The van der Waals surface area contributed by atoms with Gasteiger partial charge in [-0.15, -0.1) is 0 Å². The van der Waals surface area contributed by atoms with Gasteiger partial charge in [-0.1, -0.05) is 23.3 Å².